The van der Waals surface area contributed by atoms with Gasteiger partial charge >= 0.3 is 5.97 Å². The number of carboxylic acids is 1. The first-order valence-corrected chi connectivity index (χ1v) is 5.09. The maximum Gasteiger partial charge on any atom is 0.326 e. The number of hydrogen-bond donors (Lipinski definition) is 2. The number of carbonyl (C=O) groups excluding carboxylic acids is 1. The van der Waals surface area contributed by atoms with E-state index in [9.17, 15) is 9.59 Å². The minimum Gasteiger partial charge on any atom is -0.480 e. The van der Waals surface area contributed by atoms with Crippen LogP contribution in [0.4, 0.5) is 0 Å². The van der Waals surface area contributed by atoms with Gasteiger partial charge in [0, 0.05) is 6.61 Å². The fraction of sp³-hybridized carbons (Fsp3) is 0.800. The van der Waals surface area contributed by atoms with Gasteiger partial charge in [0.15, 0.2) is 0 Å². The highest BCUT2D eigenvalue weighted by atomic mass is 16.5. The molecule has 0 fully saturated rings. The maximum atomic E-state index is 11.2. The van der Waals surface area contributed by atoms with Crippen LogP contribution in [0.2, 0.25) is 0 Å². The molecule has 0 aliphatic heterocycles. The molecule has 0 spiro atoms. The second-order valence-electron chi connectivity index (χ2n) is 3.68. The van der Waals surface area contributed by atoms with Gasteiger partial charge < -0.3 is 15.2 Å². The molecule has 0 unspecified atom stereocenters. The Hall–Kier alpha value is -1.10. The van der Waals surface area contributed by atoms with Crippen molar-refractivity contribution in [2.24, 2.45) is 5.92 Å². The Bertz CT molecular complexity index is 215. The molecular weight excluding hydrogens is 198 g/mol. The lowest BCUT2D eigenvalue weighted by molar-refractivity contribution is -0.143. The summed E-state index contributed by atoms with van der Waals surface area (Å²) in [4.78, 5) is 22.0. The number of ether oxygens (including phenoxy) is 1. The van der Waals surface area contributed by atoms with Crippen LogP contribution >= 0.6 is 0 Å². The van der Waals surface area contributed by atoms with Gasteiger partial charge in [-0.25, -0.2) is 4.79 Å². The Kier molecular flexibility index (Phi) is 6.70. The van der Waals surface area contributed by atoms with Crippen LogP contribution in [-0.4, -0.2) is 36.2 Å². The van der Waals surface area contributed by atoms with Crippen LogP contribution in [0.5, 0.6) is 0 Å². The third kappa shape index (κ3) is 6.06. The molecule has 0 aromatic rings. The lowest BCUT2D eigenvalue weighted by Crippen LogP contribution is -2.45. The van der Waals surface area contributed by atoms with E-state index in [1.54, 1.807) is 13.8 Å². The molecule has 0 heterocycles. The Morgan fingerprint density at radius 1 is 1.40 bits per heavy atom. The third-order valence-electron chi connectivity index (χ3n) is 1.83. The van der Waals surface area contributed by atoms with E-state index < -0.39 is 12.0 Å². The van der Waals surface area contributed by atoms with Crippen molar-refractivity contribution in [1.82, 2.24) is 5.32 Å². The molecule has 0 bridgehead atoms. The molecule has 0 aromatic carbocycles. The van der Waals surface area contributed by atoms with Gasteiger partial charge in [0.1, 0.15) is 12.6 Å². The summed E-state index contributed by atoms with van der Waals surface area (Å²) < 4.78 is 5.00. The lowest BCUT2D eigenvalue weighted by Gasteiger charge is -2.17. The molecule has 1 atom stereocenters. The Labute approximate surface area is 89.8 Å². The van der Waals surface area contributed by atoms with Gasteiger partial charge in [-0.05, 0) is 12.3 Å². The third-order valence-corrected chi connectivity index (χ3v) is 1.83. The van der Waals surface area contributed by atoms with E-state index in [0.29, 0.717) is 6.61 Å². The molecule has 2 N–H and O–H groups in total. The summed E-state index contributed by atoms with van der Waals surface area (Å²) in [7, 11) is 0. The van der Waals surface area contributed by atoms with Gasteiger partial charge in [-0.3, -0.25) is 4.79 Å². The fourth-order valence-electron chi connectivity index (χ4n) is 1.04. The van der Waals surface area contributed by atoms with Gasteiger partial charge in [0.05, 0.1) is 0 Å². The summed E-state index contributed by atoms with van der Waals surface area (Å²) in [5.74, 6) is -1.55. The van der Waals surface area contributed by atoms with Crippen LogP contribution in [0.25, 0.3) is 0 Å². The first kappa shape index (κ1) is 13.9. The minimum atomic E-state index is -1.02. The summed E-state index contributed by atoms with van der Waals surface area (Å²) in [5, 5.41) is 11.2. The van der Waals surface area contributed by atoms with Gasteiger partial charge in [-0.2, -0.15) is 0 Å². The van der Waals surface area contributed by atoms with E-state index in [-0.39, 0.29) is 18.4 Å². The smallest absolute Gasteiger partial charge is 0.326 e. The van der Waals surface area contributed by atoms with Crippen molar-refractivity contribution in [2.45, 2.75) is 33.2 Å². The molecule has 0 rings (SSSR count). The zero-order valence-electron chi connectivity index (χ0n) is 9.45. The minimum absolute atomic E-state index is 0.0790. The first-order valence-electron chi connectivity index (χ1n) is 5.09. The molecule has 0 saturated carbocycles. The number of carbonyl (C=O) groups is 2. The normalized spacial score (nSPS) is 12.5. The Morgan fingerprint density at radius 2 is 2.00 bits per heavy atom. The zero-order valence-corrected chi connectivity index (χ0v) is 9.45. The number of rotatable bonds is 7. The van der Waals surface area contributed by atoms with E-state index in [0.717, 1.165) is 6.42 Å². The average molecular weight is 217 g/mol. The molecule has 5 heteroatoms. The summed E-state index contributed by atoms with van der Waals surface area (Å²) in [5.41, 5.74) is 0. The van der Waals surface area contributed by atoms with Crippen LogP contribution in [0.3, 0.4) is 0 Å². The Balaban J connectivity index is 3.95. The van der Waals surface area contributed by atoms with E-state index in [1.807, 2.05) is 6.92 Å². The SMILES string of the molecule is CCCOCC(=O)N[C@@H](C(=O)O)C(C)C. The van der Waals surface area contributed by atoms with Crippen molar-refractivity contribution in [1.29, 1.82) is 0 Å². The van der Waals surface area contributed by atoms with Crippen LogP contribution in [0.15, 0.2) is 0 Å². The average Bonchev–Trinajstić information content (AvgIpc) is 2.13. The second-order valence-corrected chi connectivity index (χ2v) is 3.68. The van der Waals surface area contributed by atoms with Crippen molar-refractivity contribution in [3.05, 3.63) is 0 Å². The Morgan fingerprint density at radius 3 is 2.40 bits per heavy atom. The summed E-state index contributed by atoms with van der Waals surface area (Å²) in [6.45, 7) is 5.85. The van der Waals surface area contributed by atoms with E-state index in [4.69, 9.17) is 9.84 Å². The van der Waals surface area contributed by atoms with Crippen molar-refractivity contribution in [2.75, 3.05) is 13.2 Å². The van der Waals surface area contributed by atoms with Crippen molar-refractivity contribution in [3.8, 4) is 0 Å². The quantitative estimate of drug-likeness (QED) is 0.613. The monoisotopic (exact) mass is 217 g/mol. The van der Waals surface area contributed by atoms with E-state index >= 15 is 0 Å². The predicted molar refractivity (Wildman–Crippen MR) is 55.5 cm³/mol. The number of amides is 1. The highest BCUT2D eigenvalue weighted by Crippen LogP contribution is 2.01. The van der Waals surface area contributed by atoms with Crippen molar-refractivity contribution in [3.63, 3.8) is 0 Å². The first-order chi connectivity index (χ1) is 6.99. The standard InChI is InChI=1S/C10H19NO4/c1-4-5-15-6-8(12)11-9(7(2)3)10(13)14/h7,9H,4-6H2,1-3H3,(H,11,12)(H,13,14)/t9-/m1/s1. The molecule has 0 aliphatic carbocycles. The number of hydrogen-bond acceptors (Lipinski definition) is 3. The maximum absolute atomic E-state index is 11.2. The summed E-state index contributed by atoms with van der Waals surface area (Å²) >= 11 is 0. The van der Waals surface area contributed by atoms with E-state index in [2.05, 4.69) is 5.32 Å². The lowest BCUT2D eigenvalue weighted by atomic mass is 10.1. The van der Waals surface area contributed by atoms with Gasteiger partial charge in [0.25, 0.3) is 0 Å². The molecule has 0 saturated heterocycles. The predicted octanol–water partition coefficient (Wildman–Crippen LogP) is 0.638. The molecule has 1 amide bonds. The summed E-state index contributed by atoms with van der Waals surface area (Å²) in [6.07, 6.45) is 0.833. The number of carboxylic acid groups (broad SMARTS) is 1. The van der Waals surface area contributed by atoms with Crippen LogP contribution < -0.4 is 5.32 Å². The van der Waals surface area contributed by atoms with Crippen LogP contribution in [0.1, 0.15) is 27.2 Å². The fourth-order valence-corrected chi connectivity index (χ4v) is 1.04. The zero-order chi connectivity index (χ0) is 11.8. The molecule has 0 aromatic heterocycles. The number of nitrogens with one attached hydrogen (secondary N) is 1. The largest absolute Gasteiger partial charge is 0.480 e. The van der Waals surface area contributed by atoms with Crippen molar-refractivity contribution >= 4 is 11.9 Å². The van der Waals surface area contributed by atoms with E-state index in [1.165, 1.54) is 0 Å². The highest BCUT2D eigenvalue weighted by Gasteiger charge is 2.22. The number of aliphatic carboxylic acids is 1. The van der Waals surface area contributed by atoms with Crippen molar-refractivity contribution < 1.29 is 19.4 Å². The van der Waals surface area contributed by atoms with Gasteiger partial charge in [0.2, 0.25) is 5.91 Å². The molecule has 88 valence electrons. The molecule has 15 heavy (non-hydrogen) atoms. The van der Waals surface area contributed by atoms with Gasteiger partial charge in [-0.1, -0.05) is 20.8 Å². The van der Waals surface area contributed by atoms with Gasteiger partial charge in [-0.15, -0.1) is 0 Å². The second kappa shape index (κ2) is 7.23. The topological polar surface area (TPSA) is 75.6 Å². The summed E-state index contributed by atoms with van der Waals surface area (Å²) in [6, 6.07) is -0.845. The van der Waals surface area contributed by atoms with Crippen LogP contribution in [-0.2, 0) is 14.3 Å². The molecule has 5 nitrogen and oxygen atoms in total. The van der Waals surface area contributed by atoms with Crippen LogP contribution in [0, 0.1) is 5.92 Å². The highest BCUT2D eigenvalue weighted by molar-refractivity contribution is 5.84. The molecular formula is C10H19NO4. The molecule has 0 aliphatic rings. The molecule has 0 radical (unpaired) electrons.